The quantitative estimate of drug-likeness (QED) is 0.705. The molecule has 0 bridgehead atoms. The van der Waals surface area contributed by atoms with Crippen LogP contribution in [0.25, 0.3) is 0 Å². The number of hydrogen-bond acceptors (Lipinski definition) is 4. The first-order valence-electron chi connectivity index (χ1n) is 6.37. The Morgan fingerprint density at radius 2 is 2.28 bits per heavy atom. The Morgan fingerprint density at radius 3 is 2.89 bits per heavy atom. The molecule has 1 aliphatic rings. The molecule has 104 valence electrons. The van der Waals surface area contributed by atoms with Gasteiger partial charge in [0.1, 0.15) is 0 Å². The number of hydrogen-bond donors (Lipinski definition) is 2. The van der Waals surface area contributed by atoms with Crippen LogP contribution in [0.15, 0.2) is 0 Å². The van der Waals surface area contributed by atoms with Gasteiger partial charge in [-0.2, -0.15) is 0 Å². The van der Waals surface area contributed by atoms with Crippen LogP contribution >= 0.6 is 0 Å². The lowest BCUT2D eigenvalue weighted by Gasteiger charge is -2.35. The van der Waals surface area contributed by atoms with Crippen LogP contribution in [-0.4, -0.2) is 60.3 Å². The molecule has 0 radical (unpaired) electrons. The van der Waals surface area contributed by atoms with Gasteiger partial charge in [0, 0.05) is 19.0 Å². The van der Waals surface area contributed by atoms with E-state index >= 15 is 0 Å². The molecule has 1 heterocycles. The molecule has 1 rings (SSSR count). The number of rotatable bonds is 6. The number of nitrogens with zero attached hydrogens (tertiary/aromatic N) is 1. The maximum Gasteiger partial charge on any atom is 0.305 e. The third-order valence-corrected chi connectivity index (χ3v) is 2.99. The molecular weight excluding hydrogens is 236 g/mol. The molecule has 0 aliphatic carbocycles. The van der Waals surface area contributed by atoms with E-state index in [2.05, 4.69) is 5.32 Å². The van der Waals surface area contributed by atoms with Crippen molar-refractivity contribution < 1.29 is 19.4 Å². The zero-order chi connectivity index (χ0) is 13.5. The van der Waals surface area contributed by atoms with Gasteiger partial charge >= 0.3 is 5.97 Å². The number of amides is 1. The van der Waals surface area contributed by atoms with E-state index in [4.69, 9.17) is 9.84 Å². The van der Waals surface area contributed by atoms with Gasteiger partial charge in [0.15, 0.2) is 0 Å². The van der Waals surface area contributed by atoms with Gasteiger partial charge in [-0.15, -0.1) is 0 Å². The van der Waals surface area contributed by atoms with Gasteiger partial charge in [-0.1, -0.05) is 6.92 Å². The maximum atomic E-state index is 12.1. The highest BCUT2D eigenvalue weighted by molar-refractivity contribution is 5.78. The number of aliphatic carboxylic acids is 1. The molecule has 0 aromatic carbocycles. The second-order valence-corrected chi connectivity index (χ2v) is 4.58. The molecule has 0 saturated carbocycles. The first kappa shape index (κ1) is 14.9. The maximum absolute atomic E-state index is 12.1. The number of nitrogens with one attached hydrogen (secondary N) is 1. The minimum Gasteiger partial charge on any atom is -0.481 e. The molecule has 0 aromatic rings. The summed E-state index contributed by atoms with van der Waals surface area (Å²) in [6.45, 7) is 6.04. The Bertz CT molecular complexity index is 296. The molecule has 0 spiro atoms. The fourth-order valence-electron chi connectivity index (χ4n) is 2.15. The van der Waals surface area contributed by atoms with Crippen molar-refractivity contribution in [3.05, 3.63) is 0 Å². The smallest absolute Gasteiger partial charge is 0.305 e. The van der Waals surface area contributed by atoms with Crippen LogP contribution in [0.5, 0.6) is 0 Å². The van der Waals surface area contributed by atoms with Gasteiger partial charge < -0.3 is 20.1 Å². The third-order valence-electron chi connectivity index (χ3n) is 2.99. The normalized spacial score (nSPS) is 21.7. The Labute approximate surface area is 107 Å². The SMILES string of the molecule is CCNC(C)CC(=O)N1CCOCC1CC(=O)O. The van der Waals surface area contributed by atoms with Crippen LogP contribution in [0.2, 0.25) is 0 Å². The summed E-state index contributed by atoms with van der Waals surface area (Å²) in [4.78, 5) is 24.5. The summed E-state index contributed by atoms with van der Waals surface area (Å²) in [5.74, 6) is -0.902. The van der Waals surface area contributed by atoms with Crippen molar-refractivity contribution >= 4 is 11.9 Å². The van der Waals surface area contributed by atoms with E-state index in [0.717, 1.165) is 6.54 Å². The predicted octanol–water partition coefficient (Wildman–Crippen LogP) is 0.0766. The minimum atomic E-state index is -0.900. The number of carboxylic acids is 1. The van der Waals surface area contributed by atoms with Crippen LogP contribution in [0.4, 0.5) is 0 Å². The molecule has 2 atom stereocenters. The summed E-state index contributed by atoms with van der Waals surface area (Å²) in [5.41, 5.74) is 0. The predicted molar refractivity (Wildman–Crippen MR) is 66.3 cm³/mol. The van der Waals surface area contributed by atoms with Crippen molar-refractivity contribution in [3.63, 3.8) is 0 Å². The monoisotopic (exact) mass is 258 g/mol. The largest absolute Gasteiger partial charge is 0.481 e. The van der Waals surface area contributed by atoms with Gasteiger partial charge in [0.05, 0.1) is 25.7 Å². The second kappa shape index (κ2) is 7.33. The number of carbonyl (C=O) groups excluding carboxylic acids is 1. The minimum absolute atomic E-state index is 0.00185. The lowest BCUT2D eigenvalue weighted by Crippen LogP contribution is -2.50. The molecule has 18 heavy (non-hydrogen) atoms. The van der Waals surface area contributed by atoms with Gasteiger partial charge in [-0.25, -0.2) is 0 Å². The number of carboxylic acid groups (broad SMARTS) is 1. The summed E-state index contributed by atoms with van der Waals surface area (Å²) < 4.78 is 5.24. The van der Waals surface area contributed by atoms with Crippen LogP contribution < -0.4 is 5.32 Å². The van der Waals surface area contributed by atoms with E-state index in [0.29, 0.717) is 26.2 Å². The average Bonchev–Trinajstić information content (AvgIpc) is 2.28. The average molecular weight is 258 g/mol. The molecule has 2 unspecified atom stereocenters. The summed E-state index contributed by atoms with van der Waals surface area (Å²) in [6.07, 6.45) is 0.339. The first-order chi connectivity index (χ1) is 8.54. The van der Waals surface area contributed by atoms with E-state index in [1.54, 1.807) is 4.90 Å². The molecule has 0 aromatic heterocycles. The van der Waals surface area contributed by atoms with Gasteiger partial charge in [-0.05, 0) is 13.5 Å². The van der Waals surface area contributed by atoms with Crippen LogP contribution in [0.3, 0.4) is 0 Å². The number of carbonyl (C=O) groups is 2. The fraction of sp³-hybridized carbons (Fsp3) is 0.833. The number of morpholine rings is 1. The Kier molecular flexibility index (Phi) is 6.07. The topological polar surface area (TPSA) is 78.9 Å². The Hall–Kier alpha value is -1.14. The van der Waals surface area contributed by atoms with Gasteiger partial charge in [-0.3, -0.25) is 9.59 Å². The van der Waals surface area contributed by atoms with Crippen molar-refractivity contribution in [2.75, 3.05) is 26.3 Å². The van der Waals surface area contributed by atoms with Crippen molar-refractivity contribution in [1.82, 2.24) is 10.2 Å². The molecule has 2 N–H and O–H groups in total. The Morgan fingerprint density at radius 1 is 1.56 bits per heavy atom. The lowest BCUT2D eigenvalue weighted by molar-refractivity contribution is -0.146. The number of ether oxygens (including phenoxy) is 1. The molecule has 1 aliphatic heterocycles. The third kappa shape index (κ3) is 4.62. The summed E-state index contributed by atoms with van der Waals surface area (Å²) in [6, 6.07) is -0.228. The van der Waals surface area contributed by atoms with Crippen LogP contribution in [0.1, 0.15) is 26.7 Å². The second-order valence-electron chi connectivity index (χ2n) is 4.58. The van der Waals surface area contributed by atoms with E-state index in [1.807, 2.05) is 13.8 Å². The summed E-state index contributed by atoms with van der Waals surface area (Å²) in [7, 11) is 0. The van der Waals surface area contributed by atoms with E-state index < -0.39 is 5.97 Å². The highest BCUT2D eigenvalue weighted by atomic mass is 16.5. The lowest BCUT2D eigenvalue weighted by atomic mass is 10.1. The fourth-order valence-corrected chi connectivity index (χ4v) is 2.15. The molecular formula is C12H22N2O4. The highest BCUT2D eigenvalue weighted by Gasteiger charge is 2.29. The van der Waals surface area contributed by atoms with E-state index in [9.17, 15) is 9.59 Å². The zero-order valence-corrected chi connectivity index (χ0v) is 11.0. The first-order valence-corrected chi connectivity index (χ1v) is 6.37. The Balaban J connectivity index is 2.54. The van der Waals surface area contributed by atoms with E-state index in [-0.39, 0.29) is 24.4 Å². The molecule has 6 nitrogen and oxygen atoms in total. The van der Waals surface area contributed by atoms with Crippen LogP contribution in [0, 0.1) is 0 Å². The molecule has 1 saturated heterocycles. The summed E-state index contributed by atoms with van der Waals surface area (Å²) >= 11 is 0. The highest BCUT2D eigenvalue weighted by Crippen LogP contribution is 2.13. The summed E-state index contributed by atoms with van der Waals surface area (Å²) in [5, 5.41) is 12.0. The molecule has 1 amide bonds. The van der Waals surface area contributed by atoms with E-state index in [1.165, 1.54) is 0 Å². The zero-order valence-electron chi connectivity index (χ0n) is 11.0. The van der Waals surface area contributed by atoms with Crippen LogP contribution in [-0.2, 0) is 14.3 Å². The van der Waals surface area contributed by atoms with Crippen molar-refractivity contribution in [2.45, 2.75) is 38.8 Å². The van der Waals surface area contributed by atoms with Crippen molar-refractivity contribution in [3.8, 4) is 0 Å². The molecule has 6 heteroatoms. The van der Waals surface area contributed by atoms with Gasteiger partial charge in [0.2, 0.25) is 5.91 Å². The van der Waals surface area contributed by atoms with Crippen molar-refractivity contribution in [1.29, 1.82) is 0 Å². The van der Waals surface area contributed by atoms with Crippen molar-refractivity contribution in [2.24, 2.45) is 0 Å². The standard InChI is InChI=1S/C12H22N2O4/c1-3-13-9(2)6-11(15)14-4-5-18-8-10(14)7-12(16)17/h9-10,13H,3-8H2,1-2H3,(H,16,17). The molecule has 1 fully saturated rings. The van der Waals surface area contributed by atoms with Gasteiger partial charge in [0.25, 0.3) is 0 Å².